The first-order chi connectivity index (χ1) is 10.1. The molecule has 0 bridgehead atoms. The highest BCUT2D eigenvalue weighted by Crippen LogP contribution is 2.18. The molecule has 1 heterocycles. The van der Waals surface area contributed by atoms with Crippen LogP contribution < -0.4 is 4.90 Å². The van der Waals surface area contributed by atoms with Crippen LogP contribution >= 0.6 is 0 Å². The quantitative estimate of drug-likeness (QED) is 0.915. The van der Waals surface area contributed by atoms with Gasteiger partial charge in [-0.25, -0.2) is 0 Å². The molecular weight excluding hydrogens is 268 g/mol. The average molecular weight is 284 g/mol. The van der Waals surface area contributed by atoms with Crippen molar-refractivity contribution in [3.63, 3.8) is 0 Å². The minimum Gasteiger partial charge on any atom is -0.481 e. The summed E-state index contributed by atoms with van der Waals surface area (Å²) in [6.07, 6.45) is 1.42. The smallest absolute Gasteiger partial charge is 0.305 e. The molecular formula is C16H16N2O3. The maximum atomic E-state index is 12.5. The van der Waals surface area contributed by atoms with Crippen molar-refractivity contribution < 1.29 is 14.7 Å². The standard InChI is InChI=1S/C16H16N2O3/c1-12-5-7-13(8-6-12)18(11-9-15(19)20)16(21)14-4-2-3-10-17-14/h2-8,10H,9,11H2,1H3,(H,19,20). The van der Waals surface area contributed by atoms with Crippen molar-refractivity contribution in [1.82, 2.24) is 4.98 Å². The molecule has 108 valence electrons. The Morgan fingerprint density at radius 1 is 1.14 bits per heavy atom. The van der Waals surface area contributed by atoms with Gasteiger partial charge in [0, 0.05) is 18.4 Å². The zero-order valence-electron chi connectivity index (χ0n) is 11.7. The van der Waals surface area contributed by atoms with Crippen molar-refractivity contribution in [3.05, 3.63) is 59.9 Å². The molecule has 2 aromatic rings. The fraction of sp³-hybridized carbons (Fsp3) is 0.188. The number of carboxylic acid groups (broad SMARTS) is 1. The molecule has 0 spiro atoms. The van der Waals surface area contributed by atoms with Gasteiger partial charge in [-0.05, 0) is 31.2 Å². The van der Waals surface area contributed by atoms with Gasteiger partial charge in [-0.3, -0.25) is 14.6 Å². The molecule has 0 saturated heterocycles. The largest absolute Gasteiger partial charge is 0.481 e. The van der Waals surface area contributed by atoms with E-state index in [1.165, 1.54) is 11.1 Å². The number of aromatic nitrogens is 1. The van der Waals surface area contributed by atoms with Gasteiger partial charge in [-0.2, -0.15) is 0 Å². The Morgan fingerprint density at radius 3 is 2.43 bits per heavy atom. The molecule has 0 saturated carbocycles. The van der Waals surface area contributed by atoms with E-state index in [2.05, 4.69) is 4.98 Å². The monoisotopic (exact) mass is 284 g/mol. The molecule has 0 aliphatic rings. The summed E-state index contributed by atoms with van der Waals surface area (Å²) >= 11 is 0. The number of benzene rings is 1. The van der Waals surface area contributed by atoms with Crippen LogP contribution in [0.1, 0.15) is 22.5 Å². The third-order valence-electron chi connectivity index (χ3n) is 3.02. The number of nitrogens with zero attached hydrogens (tertiary/aromatic N) is 2. The van der Waals surface area contributed by atoms with Crippen molar-refractivity contribution in [2.45, 2.75) is 13.3 Å². The summed E-state index contributed by atoms with van der Waals surface area (Å²) < 4.78 is 0. The van der Waals surface area contributed by atoms with Gasteiger partial charge in [0.05, 0.1) is 6.42 Å². The Labute approximate surface area is 122 Å². The lowest BCUT2D eigenvalue weighted by atomic mass is 10.2. The van der Waals surface area contributed by atoms with E-state index >= 15 is 0 Å². The molecule has 0 aliphatic carbocycles. The van der Waals surface area contributed by atoms with Gasteiger partial charge in [-0.1, -0.05) is 23.8 Å². The molecule has 5 nitrogen and oxygen atoms in total. The third kappa shape index (κ3) is 3.89. The highest BCUT2D eigenvalue weighted by molar-refractivity contribution is 6.04. The number of amides is 1. The van der Waals surface area contributed by atoms with Crippen LogP contribution in [0.4, 0.5) is 5.69 Å². The number of anilines is 1. The van der Waals surface area contributed by atoms with E-state index in [4.69, 9.17) is 5.11 Å². The number of pyridine rings is 1. The first-order valence-corrected chi connectivity index (χ1v) is 6.59. The molecule has 0 aliphatic heterocycles. The van der Waals surface area contributed by atoms with Gasteiger partial charge >= 0.3 is 5.97 Å². The molecule has 1 aromatic heterocycles. The Morgan fingerprint density at radius 2 is 1.86 bits per heavy atom. The van der Waals surface area contributed by atoms with Gasteiger partial charge in [-0.15, -0.1) is 0 Å². The Balaban J connectivity index is 2.29. The number of hydrogen-bond donors (Lipinski definition) is 1. The fourth-order valence-corrected chi connectivity index (χ4v) is 1.91. The predicted molar refractivity (Wildman–Crippen MR) is 79.3 cm³/mol. The number of rotatable bonds is 5. The van der Waals surface area contributed by atoms with Crippen molar-refractivity contribution in [2.75, 3.05) is 11.4 Å². The first-order valence-electron chi connectivity index (χ1n) is 6.59. The summed E-state index contributed by atoms with van der Waals surface area (Å²) in [5.74, 6) is -1.25. The van der Waals surface area contributed by atoms with Crippen LogP contribution in [0.5, 0.6) is 0 Å². The second kappa shape index (κ2) is 6.65. The lowest BCUT2D eigenvalue weighted by Crippen LogP contribution is -2.33. The Bertz CT molecular complexity index is 624. The second-order valence-corrected chi connectivity index (χ2v) is 4.65. The van der Waals surface area contributed by atoms with Crippen LogP contribution in [0.15, 0.2) is 48.7 Å². The van der Waals surface area contributed by atoms with Gasteiger partial charge in [0.2, 0.25) is 0 Å². The number of hydrogen-bond acceptors (Lipinski definition) is 3. The van der Waals surface area contributed by atoms with Crippen molar-refractivity contribution in [3.8, 4) is 0 Å². The minimum atomic E-state index is -0.944. The molecule has 0 radical (unpaired) electrons. The highest BCUT2D eigenvalue weighted by atomic mass is 16.4. The zero-order chi connectivity index (χ0) is 15.2. The average Bonchev–Trinajstić information content (AvgIpc) is 2.49. The van der Waals surface area contributed by atoms with E-state index in [9.17, 15) is 9.59 Å². The summed E-state index contributed by atoms with van der Waals surface area (Å²) in [4.78, 5) is 28.8. The van der Waals surface area contributed by atoms with Crippen LogP contribution in [0.2, 0.25) is 0 Å². The topological polar surface area (TPSA) is 70.5 Å². The van der Waals surface area contributed by atoms with Gasteiger partial charge in [0.25, 0.3) is 5.91 Å². The lowest BCUT2D eigenvalue weighted by molar-refractivity contribution is -0.136. The van der Waals surface area contributed by atoms with Crippen LogP contribution in [0.3, 0.4) is 0 Å². The number of carboxylic acids is 1. The van der Waals surface area contributed by atoms with E-state index in [0.29, 0.717) is 11.4 Å². The normalized spacial score (nSPS) is 10.1. The summed E-state index contributed by atoms with van der Waals surface area (Å²) in [6, 6.07) is 12.4. The van der Waals surface area contributed by atoms with Gasteiger partial charge in [0.15, 0.2) is 0 Å². The summed E-state index contributed by atoms with van der Waals surface area (Å²) in [5.41, 5.74) is 2.03. The van der Waals surface area contributed by atoms with E-state index in [1.54, 1.807) is 30.3 Å². The number of aryl methyl sites for hydroxylation is 1. The van der Waals surface area contributed by atoms with Crippen molar-refractivity contribution in [2.24, 2.45) is 0 Å². The summed E-state index contributed by atoms with van der Waals surface area (Å²) in [6.45, 7) is 2.06. The van der Waals surface area contributed by atoms with Gasteiger partial charge < -0.3 is 10.0 Å². The predicted octanol–water partition coefficient (Wildman–Crippen LogP) is 2.51. The second-order valence-electron chi connectivity index (χ2n) is 4.65. The SMILES string of the molecule is Cc1ccc(N(CCC(=O)O)C(=O)c2ccccn2)cc1. The van der Waals surface area contributed by atoms with Gasteiger partial charge in [0.1, 0.15) is 5.69 Å². The van der Waals surface area contributed by atoms with Crippen LogP contribution in [-0.2, 0) is 4.79 Å². The van der Waals surface area contributed by atoms with E-state index in [1.807, 2.05) is 19.1 Å². The third-order valence-corrected chi connectivity index (χ3v) is 3.02. The van der Waals surface area contributed by atoms with Crippen LogP contribution in [-0.4, -0.2) is 28.5 Å². The number of carbonyl (C=O) groups is 2. The Kier molecular flexibility index (Phi) is 4.66. The molecule has 1 amide bonds. The van der Waals surface area contributed by atoms with E-state index < -0.39 is 5.97 Å². The van der Waals surface area contributed by atoms with E-state index in [-0.39, 0.29) is 18.9 Å². The lowest BCUT2D eigenvalue weighted by Gasteiger charge is -2.22. The summed E-state index contributed by atoms with van der Waals surface area (Å²) in [7, 11) is 0. The summed E-state index contributed by atoms with van der Waals surface area (Å²) in [5, 5.41) is 8.85. The van der Waals surface area contributed by atoms with E-state index in [0.717, 1.165) is 5.56 Å². The molecule has 1 N–H and O–H groups in total. The minimum absolute atomic E-state index is 0.105. The molecule has 0 unspecified atom stereocenters. The number of carbonyl (C=O) groups excluding carboxylic acids is 1. The molecule has 5 heteroatoms. The maximum absolute atomic E-state index is 12.5. The first kappa shape index (κ1) is 14.7. The Hall–Kier alpha value is -2.69. The number of aliphatic carboxylic acids is 1. The van der Waals surface area contributed by atoms with Crippen molar-refractivity contribution in [1.29, 1.82) is 0 Å². The highest BCUT2D eigenvalue weighted by Gasteiger charge is 2.19. The fourth-order valence-electron chi connectivity index (χ4n) is 1.91. The molecule has 1 aromatic carbocycles. The molecule has 2 rings (SSSR count). The molecule has 0 fully saturated rings. The van der Waals surface area contributed by atoms with Crippen molar-refractivity contribution >= 4 is 17.6 Å². The molecule has 0 atom stereocenters. The maximum Gasteiger partial charge on any atom is 0.305 e. The zero-order valence-corrected chi connectivity index (χ0v) is 11.7. The van der Waals surface area contributed by atoms with Crippen LogP contribution in [0, 0.1) is 6.92 Å². The van der Waals surface area contributed by atoms with Crippen LogP contribution in [0.25, 0.3) is 0 Å². The molecule has 21 heavy (non-hydrogen) atoms.